The highest BCUT2D eigenvalue weighted by Crippen LogP contribution is 2.41. The fourth-order valence-electron chi connectivity index (χ4n) is 5.38. The van der Waals surface area contributed by atoms with Crippen molar-refractivity contribution in [2.75, 3.05) is 6.54 Å². The number of benzene rings is 2. The van der Waals surface area contributed by atoms with Gasteiger partial charge in [0.05, 0.1) is 0 Å². The molecule has 2 fully saturated rings. The van der Waals surface area contributed by atoms with Gasteiger partial charge in [0.25, 0.3) is 5.91 Å². The number of carbonyl (C=O) groups is 3. The molecule has 1 N–H and O–H groups in total. The summed E-state index contributed by atoms with van der Waals surface area (Å²) >= 11 is 0. The van der Waals surface area contributed by atoms with E-state index in [9.17, 15) is 18.8 Å². The third-order valence-electron chi connectivity index (χ3n) is 7.63. The number of hydrogen-bond donors (Lipinski definition) is 1. The van der Waals surface area contributed by atoms with E-state index in [1.165, 1.54) is 12.1 Å². The summed E-state index contributed by atoms with van der Waals surface area (Å²) < 4.78 is 13.4. The Balaban J connectivity index is 1.37. The van der Waals surface area contributed by atoms with Gasteiger partial charge in [-0.3, -0.25) is 14.5 Å². The molecular weight excluding hydrogens is 421 g/mol. The Morgan fingerprint density at radius 3 is 2.61 bits per heavy atom. The summed E-state index contributed by atoms with van der Waals surface area (Å²) in [6.07, 6.45) is 4.45. The van der Waals surface area contributed by atoms with Crippen molar-refractivity contribution in [3.05, 3.63) is 71.0 Å². The average molecular weight is 450 g/mol. The standard InChI is InChI=1S/C26H28FN3O3/c1-17(19-6-4-7-19)29(15-18-9-11-21(27)12-10-18)23(31)16-30-24(32)26(28-25(30)33)14-13-20-5-2-3-8-22(20)26/h2-3,5,8-12,17,19H,4,6-7,13-16H2,1H3,(H,28,33)/t17-,26?/m0/s1. The predicted molar refractivity (Wildman–Crippen MR) is 120 cm³/mol. The average Bonchev–Trinajstić information content (AvgIpc) is 3.25. The second-order valence-electron chi connectivity index (χ2n) is 9.46. The van der Waals surface area contributed by atoms with E-state index in [1.807, 2.05) is 31.2 Å². The Morgan fingerprint density at radius 2 is 1.91 bits per heavy atom. The Morgan fingerprint density at radius 1 is 1.18 bits per heavy atom. The van der Waals surface area contributed by atoms with Gasteiger partial charge >= 0.3 is 6.03 Å². The van der Waals surface area contributed by atoms with Gasteiger partial charge in [-0.1, -0.05) is 42.8 Å². The van der Waals surface area contributed by atoms with Crippen molar-refractivity contribution in [2.24, 2.45) is 5.92 Å². The zero-order valence-corrected chi connectivity index (χ0v) is 18.7. The van der Waals surface area contributed by atoms with E-state index >= 15 is 0 Å². The first kappa shape index (κ1) is 21.6. The molecule has 0 radical (unpaired) electrons. The van der Waals surface area contributed by atoms with Gasteiger partial charge in [0.1, 0.15) is 17.9 Å². The maximum Gasteiger partial charge on any atom is 0.325 e. The Bertz CT molecular complexity index is 1100. The van der Waals surface area contributed by atoms with Crippen LogP contribution in [-0.2, 0) is 28.1 Å². The zero-order chi connectivity index (χ0) is 23.2. The van der Waals surface area contributed by atoms with Gasteiger partial charge < -0.3 is 10.2 Å². The molecule has 5 rings (SSSR count). The van der Waals surface area contributed by atoms with Crippen LogP contribution in [0.4, 0.5) is 9.18 Å². The molecule has 33 heavy (non-hydrogen) atoms. The third-order valence-corrected chi connectivity index (χ3v) is 7.63. The number of nitrogens with one attached hydrogen (secondary N) is 1. The number of amides is 4. The van der Waals surface area contributed by atoms with Gasteiger partial charge in [0.15, 0.2) is 0 Å². The molecule has 172 valence electrons. The molecule has 4 amide bonds. The Kier molecular flexibility index (Phi) is 5.43. The van der Waals surface area contributed by atoms with E-state index in [2.05, 4.69) is 5.32 Å². The Hall–Kier alpha value is -3.22. The molecule has 7 heteroatoms. The molecule has 1 spiro atoms. The van der Waals surface area contributed by atoms with Crippen LogP contribution in [0.2, 0.25) is 0 Å². The number of aryl methyl sites for hydroxylation is 1. The minimum absolute atomic E-state index is 0.0294. The van der Waals surface area contributed by atoms with Gasteiger partial charge in [0.2, 0.25) is 5.91 Å². The van der Waals surface area contributed by atoms with Gasteiger partial charge in [-0.25, -0.2) is 9.18 Å². The summed E-state index contributed by atoms with van der Waals surface area (Å²) in [7, 11) is 0. The van der Waals surface area contributed by atoms with Crippen LogP contribution in [0.5, 0.6) is 0 Å². The highest BCUT2D eigenvalue weighted by Gasteiger charge is 2.55. The van der Waals surface area contributed by atoms with Crippen LogP contribution in [0.15, 0.2) is 48.5 Å². The minimum atomic E-state index is -1.07. The van der Waals surface area contributed by atoms with Crippen LogP contribution in [0.1, 0.15) is 49.3 Å². The number of hydrogen-bond acceptors (Lipinski definition) is 3. The van der Waals surface area contributed by atoms with E-state index < -0.39 is 11.6 Å². The van der Waals surface area contributed by atoms with E-state index in [-0.39, 0.29) is 30.2 Å². The second-order valence-corrected chi connectivity index (χ2v) is 9.46. The van der Waals surface area contributed by atoms with Crippen molar-refractivity contribution in [3.63, 3.8) is 0 Å². The molecule has 2 atom stereocenters. The topological polar surface area (TPSA) is 69.7 Å². The number of imide groups is 1. The number of urea groups is 1. The second kappa shape index (κ2) is 8.28. The van der Waals surface area contributed by atoms with Crippen molar-refractivity contribution in [2.45, 2.75) is 57.2 Å². The highest BCUT2D eigenvalue weighted by atomic mass is 19.1. The van der Waals surface area contributed by atoms with Gasteiger partial charge in [-0.15, -0.1) is 0 Å². The van der Waals surface area contributed by atoms with Gasteiger partial charge in [-0.2, -0.15) is 0 Å². The molecule has 1 saturated carbocycles. The van der Waals surface area contributed by atoms with Crippen LogP contribution in [0.3, 0.4) is 0 Å². The van der Waals surface area contributed by atoms with Crippen LogP contribution < -0.4 is 5.32 Å². The van der Waals surface area contributed by atoms with Gasteiger partial charge in [0, 0.05) is 12.6 Å². The molecule has 6 nitrogen and oxygen atoms in total. The fraction of sp³-hybridized carbons (Fsp3) is 0.423. The van der Waals surface area contributed by atoms with E-state index in [4.69, 9.17) is 0 Å². The van der Waals surface area contributed by atoms with E-state index in [1.54, 1.807) is 17.0 Å². The Labute approximate surface area is 192 Å². The predicted octanol–water partition coefficient (Wildman–Crippen LogP) is 3.74. The number of fused-ring (bicyclic) bond motifs is 2. The molecule has 2 aromatic rings. The molecular formula is C26H28FN3O3. The molecule has 2 aromatic carbocycles. The summed E-state index contributed by atoms with van der Waals surface area (Å²) in [6.45, 7) is 2.03. The third kappa shape index (κ3) is 3.69. The van der Waals surface area contributed by atoms with Crippen molar-refractivity contribution >= 4 is 17.8 Å². The maximum absolute atomic E-state index is 13.5. The van der Waals surface area contributed by atoms with Crippen LogP contribution in [0, 0.1) is 11.7 Å². The lowest BCUT2D eigenvalue weighted by Gasteiger charge is -2.39. The molecule has 1 saturated heterocycles. The SMILES string of the molecule is C[C@@H](C1CCC1)N(Cc1ccc(F)cc1)C(=O)CN1C(=O)NC2(CCc3ccccc32)C1=O. The van der Waals surface area contributed by atoms with Gasteiger partial charge in [-0.05, 0) is 67.3 Å². The smallest absolute Gasteiger partial charge is 0.325 e. The van der Waals surface area contributed by atoms with Crippen molar-refractivity contribution in [1.82, 2.24) is 15.1 Å². The van der Waals surface area contributed by atoms with Crippen molar-refractivity contribution in [3.8, 4) is 0 Å². The number of nitrogens with zero attached hydrogens (tertiary/aromatic N) is 2. The minimum Gasteiger partial charge on any atom is -0.334 e. The first-order chi connectivity index (χ1) is 15.9. The molecule has 0 aromatic heterocycles. The molecule has 1 unspecified atom stereocenters. The number of carbonyl (C=O) groups excluding carboxylic acids is 3. The fourth-order valence-corrected chi connectivity index (χ4v) is 5.38. The quantitative estimate of drug-likeness (QED) is 0.683. The lowest BCUT2D eigenvalue weighted by Crippen LogP contribution is -2.49. The molecule has 1 aliphatic heterocycles. The summed E-state index contributed by atoms with van der Waals surface area (Å²) in [6, 6.07) is 13.2. The van der Waals surface area contributed by atoms with E-state index in [0.29, 0.717) is 25.3 Å². The van der Waals surface area contributed by atoms with Crippen LogP contribution in [0.25, 0.3) is 0 Å². The van der Waals surface area contributed by atoms with Crippen molar-refractivity contribution < 1.29 is 18.8 Å². The largest absolute Gasteiger partial charge is 0.334 e. The summed E-state index contributed by atoms with van der Waals surface area (Å²) in [4.78, 5) is 42.6. The molecule has 1 heterocycles. The maximum atomic E-state index is 13.5. The molecule has 0 bridgehead atoms. The van der Waals surface area contributed by atoms with Crippen molar-refractivity contribution in [1.29, 1.82) is 0 Å². The molecule has 3 aliphatic rings. The van der Waals surface area contributed by atoms with E-state index in [0.717, 1.165) is 40.9 Å². The van der Waals surface area contributed by atoms with Crippen LogP contribution in [-0.4, -0.2) is 40.2 Å². The summed E-state index contributed by atoms with van der Waals surface area (Å²) in [5.74, 6) is -0.565. The first-order valence-electron chi connectivity index (χ1n) is 11.7. The number of rotatable bonds is 6. The number of halogens is 1. The van der Waals surface area contributed by atoms with Crippen LogP contribution >= 0.6 is 0 Å². The molecule has 2 aliphatic carbocycles. The zero-order valence-electron chi connectivity index (χ0n) is 18.7. The monoisotopic (exact) mass is 449 g/mol. The highest BCUT2D eigenvalue weighted by molar-refractivity contribution is 6.09. The normalized spacial score (nSPS) is 22.8. The lowest BCUT2D eigenvalue weighted by molar-refractivity contribution is -0.142. The first-order valence-corrected chi connectivity index (χ1v) is 11.7. The summed E-state index contributed by atoms with van der Waals surface area (Å²) in [5.41, 5.74) is 1.62. The lowest BCUT2D eigenvalue weighted by atomic mass is 9.79. The summed E-state index contributed by atoms with van der Waals surface area (Å²) in [5, 5.41) is 2.88.